The third-order valence-electron chi connectivity index (χ3n) is 2.60. The normalized spacial score (nSPS) is 10.5. The average Bonchev–Trinajstić information content (AvgIpc) is 2.33. The van der Waals surface area contributed by atoms with Crippen LogP contribution < -0.4 is 5.32 Å². The topological polar surface area (TPSA) is 12.0 Å². The highest BCUT2D eigenvalue weighted by molar-refractivity contribution is 5.64. The van der Waals surface area contributed by atoms with Gasteiger partial charge in [0, 0.05) is 17.7 Å². The number of halogens is 2. The first kappa shape index (κ1) is 11.7. The Morgan fingerprint density at radius 1 is 1.00 bits per heavy atom. The van der Waals surface area contributed by atoms with Gasteiger partial charge in [-0.3, -0.25) is 0 Å². The maximum absolute atomic E-state index is 13.6. The molecular formula is C14H13F2N. The monoisotopic (exact) mass is 233 g/mol. The molecule has 0 amide bonds. The Labute approximate surface area is 99.1 Å². The number of rotatable bonds is 3. The van der Waals surface area contributed by atoms with Crippen molar-refractivity contribution in [2.24, 2.45) is 0 Å². The molecule has 0 radical (unpaired) electrons. The van der Waals surface area contributed by atoms with Gasteiger partial charge < -0.3 is 5.32 Å². The third kappa shape index (κ3) is 2.50. The Hall–Kier alpha value is -1.74. The van der Waals surface area contributed by atoms with E-state index < -0.39 is 0 Å². The summed E-state index contributed by atoms with van der Waals surface area (Å²) >= 11 is 0. The van der Waals surface area contributed by atoms with Crippen LogP contribution in [0.3, 0.4) is 0 Å². The predicted octanol–water partition coefficient (Wildman–Crippen LogP) is 3.35. The Kier molecular flexibility index (Phi) is 3.49. The molecule has 0 bridgehead atoms. The first-order chi connectivity index (χ1) is 8.22. The summed E-state index contributed by atoms with van der Waals surface area (Å²) in [5, 5.41) is 2.88. The molecular weight excluding hydrogens is 220 g/mol. The SMILES string of the molecule is CNCc1cc(-c2ccccc2F)ccc1F. The van der Waals surface area contributed by atoms with Crippen LogP contribution in [0.5, 0.6) is 0 Å². The Morgan fingerprint density at radius 2 is 1.76 bits per heavy atom. The standard InChI is InChI=1S/C14H13F2N/c1-17-9-11-8-10(6-7-13(11)15)12-4-2-3-5-14(12)16/h2-8,17H,9H2,1H3. The summed E-state index contributed by atoms with van der Waals surface area (Å²) in [6.07, 6.45) is 0. The van der Waals surface area contributed by atoms with E-state index in [2.05, 4.69) is 5.32 Å². The van der Waals surface area contributed by atoms with E-state index in [9.17, 15) is 8.78 Å². The number of hydrogen-bond acceptors (Lipinski definition) is 1. The van der Waals surface area contributed by atoms with E-state index in [0.29, 0.717) is 23.2 Å². The van der Waals surface area contributed by atoms with Crippen molar-refractivity contribution in [1.82, 2.24) is 5.32 Å². The molecule has 1 nitrogen and oxygen atoms in total. The summed E-state index contributed by atoms with van der Waals surface area (Å²) in [4.78, 5) is 0. The van der Waals surface area contributed by atoms with Gasteiger partial charge in [-0.15, -0.1) is 0 Å². The van der Waals surface area contributed by atoms with Crippen molar-refractivity contribution in [3.8, 4) is 11.1 Å². The Bertz CT molecular complexity index is 523. The van der Waals surface area contributed by atoms with Crippen LogP contribution in [0, 0.1) is 11.6 Å². The lowest BCUT2D eigenvalue weighted by Crippen LogP contribution is -2.07. The second-order valence-corrected chi connectivity index (χ2v) is 3.82. The molecule has 0 unspecified atom stereocenters. The van der Waals surface area contributed by atoms with Gasteiger partial charge in [-0.25, -0.2) is 8.78 Å². The quantitative estimate of drug-likeness (QED) is 0.857. The van der Waals surface area contributed by atoms with Gasteiger partial charge in [-0.05, 0) is 30.8 Å². The van der Waals surface area contributed by atoms with E-state index in [1.54, 1.807) is 37.4 Å². The highest BCUT2D eigenvalue weighted by atomic mass is 19.1. The van der Waals surface area contributed by atoms with Gasteiger partial charge in [0.05, 0.1) is 0 Å². The molecule has 0 heterocycles. The molecule has 0 aliphatic heterocycles. The molecule has 3 heteroatoms. The maximum atomic E-state index is 13.6. The Balaban J connectivity index is 2.46. The molecule has 1 N–H and O–H groups in total. The molecule has 0 saturated heterocycles. The minimum absolute atomic E-state index is 0.278. The fraction of sp³-hybridized carbons (Fsp3) is 0.143. The van der Waals surface area contributed by atoms with E-state index in [1.165, 1.54) is 12.1 Å². The van der Waals surface area contributed by atoms with E-state index in [0.717, 1.165) is 0 Å². The van der Waals surface area contributed by atoms with Crippen molar-refractivity contribution in [2.45, 2.75) is 6.54 Å². The molecule has 0 saturated carbocycles. The zero-order valence-electron chi connectivity index (χ0n) is 9.50. The van der Waals surface area contributed by atoms with E-state index in [1.807, 2.05) is 0 Å². The molecule has 0 spiro atoms. The summed E-state index contributed by atoms with van der Waals surface area (Å²) in [5.74, 6) is -0.575. The molecule has 2 aromatic rings. The molecule has 2 aromatic carbocycles. The maximum Gasteiger partial charge on any atom is 0.131 e. The zero-order chi connectivity index (χ0) is 12.3. The van der Waals surface area contributed by atoms with Gasteiger partial charge in [0.15, 0.2) is 0 Å². The highest BCUT2D eigenvalue weighted by Gasteiger charge is 2.07. The van der Waals surface area contributed by atoms with Crippen LogP contribution in [0.25, 0.3) is 11.1 Å². The van der Waals surface area contributed by atoms with Crippen molar-refractivity contribution in [2.75, 3.05) is 7.05 Å². The largest absolute Gasteiger partial charge is 0.316 e. The minimum atomic E-state index is -0.297. The summed E-state index contributed by atoms with van der Waals surface area (Å²) in [6.45, 7) is 0.425. The molecule has 0 atom stereocenters. The van der Waals surface area contributed by atoms with Crippen LogP contribution in [0.1, 0.15) is 5.56 Å². The zero-order valence-corrected chi connectivity index (χ0v) is 9.50. The van der Waals surface area contributed by atoms with Crippen molar-refractivity contribution in [1.29, 1.82) is 0 Å². The highest BCUT2D eigenvalue weighted by Crippen LogP contribution is 2.24. The first-order valence-electron chi connectivity index (χ1n) is 5.40. The summed E-state index contributed by atoms with van der Waals surface area (Å²) in [7, 11) is 1.75. The van der Waals surface area contributed by atoms with Crippen molar-refractivity contribution in [3.05, 3.63) is 59.7 Å². The second kappa shape index (κ2) is 5.06. The number of hydrogen-bond donors (Lipinski definition) is 1. The Morgan fingerprint density at radius 3 is 2.47 bits per heavy atom. The third-order valence-corrected chi connectivity index (χ3v) is 2.60. The molecule has 0 fully saturated rings. The number of nitrogens with one attached hydrogen (secondary N) is 1. The molecule has 0 aliphatic rings. The lowest BCUT2D eigenvalue weighted by molar-refractivity contribution is 0.600. The lowest BCUT2D eigenvalue weighted by Gasteiger charge is -2.07. The summed E-state index contributed by atoms with van der Waals surface area (Å²) in [5.41, 5.74) is 1.72. The van der Waals surface area contributed by atoms with Gasteiger partial charge in [-0.1, -0.05) is 24.3 Å². The van der Waals surface area contributed by atoms with E-state index in [-0.39, 0.29) is 11.6 Å². The van der Waals surface area contributed by atoms with Crippen LogP contribution in [-0.4, -0.2) is 7.05 Å². The predicted molar refractivity (Wildman–Crippen MR) is 64.6 cm³/mol. The molecule has 17 heavy (non-hydrogen) atoms. The van der Waals surface area contributed by atoms with Gasteiger partial charge in [-0.2, -0.15) is 0 Å². The lowest BCUT2D eigenvalue weighted by atomic mass is 10.0. The van der Waals surface area contributed by atoms with Crippen molar-refractivity contribution in [3.63, 3.8) is 0 Å². The van der Waals surface area contributed by atoms with Gasteiger partial charge in [0.2, 0.25) is 0 Å². The van der Waals surface area contributed by atoms with Crippen molar-refractivity contribution < 1.29 is 8.78 Å². The minimum Gasteiger partial charge on any atom is -0.316 e. The summed E-state index contributed by atoms with van der Waals surface area (Å²) in [6, 6.07) is 11.1. The van der Waals surface area contributed by atoms with Crippen LogP contribution >= 0.6 is 0 Å². The smallest absolute Gasteiger partial charge is 0.131 e. The van der Waals surface area contributed by atoms with Gasteiger partial charge in [0.1, 0.15) is 11.6 Å². The molecule has 0 aromatic heterocycles. The average molecular weight is 233 g/mol. The van der Waals surface area contributed by atoms with Crippen LogP contribution in [0.2, 0.25) is 0 Å². The fourth-order valence-electron chi connectivity index (χ4n) is 1.76. The van der Waals surface area contributed by atoms with Crippen molar-refractivity contribution >= 4 is 0 Å². The first-order valence-corrected chi connectivity index (χ1v) is 5.40. The summed E-state index contributed by atoms with van der Waals surface area (Å²) < 4.78 is 27.0. The second-order valence-electron chi connectivity index (χ2n) is 3.82. The van der Waals surface area contributed by atoms with Gasteiger partial charge >= 0.3 is 0 Å². The molecule has 88 valence electrons. The fourth-order valence-corrected chi connectivity index (χ4v) is 1.76. The van der Waals surface area contributed by atoms with E-state index in [4.69, 9.17) is 0 Å². The molecule has 0 aliphatic carbocycles. The molecule has 2 rings (SSSR count). The van der Waals surface area contributed by atoms with Gasteiger partial charge in [0.25, 0.3) is 0 Å². The number of benzene rings is 2. The van der Waals surface area contributed by atoms with Crippen LogP contribution in [-0.2, 0) is 6.54 Å². The van der Waals surface area contributed by atoms with Crippen LogP contribution in [0.15, 0.2) is 42.5 Å². The van der Waals surface area contributed by atoms with Crippen LogP contribution in [0.4, 0.5) is 8.78 Å². The van der Waals surface area contributed by atoms with E-state index >= 15 is 0 Å².